The second-order valence-electron chi connectivity index (χ2n) is 16.2. The summed E-state index contributed by atoms with van der Waals surface area (Å²) in [6, 6.07) is 66.7. The normalized spacial score (nSPS) is 16.1. The van der Waals surface area contributed by atoms with Gasteiger partial charge >= 0.3 is 0 Å². The van der Waals surface area contributed by atoms with E-state index in [9.17, 15) is 10.2 Å². The molecule has 2 saturated carbocycles. The minimum Gasteiger partial charge on any atom is -0.385 e. The molecule has 0 saturated heterocycles. The minimum atomic E-state index is -1.09. The third-order valence-electron chi connectivity index (χ3n) is 12.7. The third kappa shape index (κ3) is 6.62. The van der Waals surface area contributed by atoms with Crippen LogP contribution in [0.2, 0.25) is 0 Å². The summed E-state index contributed by atoms with van der Waals surface area (Å²) in [7, 11) is -2.18. The predicted molar refractivity (Wildman–Crippen MR) is 249 cm³/mol. The van der Waals surface area contributed by atoms with Gasteiger partial charge in [0.2, 0.25) is 0 Å². The van der Waals surface area contributed by atoms with Gasteiger partial charge in [-0.2, -0.15) is 0 Å². The molecule has 0 atom stereocenters. The Bertz CT molecular complexity index is 2430. The lowest BCUT2D eigenvalue weighted by Crippen LogP contribution is -2.30. The molecule has 0 aliphatic heterocycles. The van der Waals surface area contributed by atoms with Gasteiger partial charge in [0.25, 0.3) is 0 Å². The highest BCUT2D eigenvalue weighted by Gasteiger charge is 2.39. The average Bonchev–Trinajstić information content (AvgIpc) is 3.94. The highest BCUT2D eigenvalue weighted by atomic mass is 31.1. The van der Waals surface area contributed by atoms with Crippen LogP contribution in [0.25, 0.3) is 32.7 Å². The van der Waals surface area contributed by atoms with E-state index in [2.05, 4.69) is 182 Å². The van der Waals surface area contributed by atoms with Gasteiger partial charge in [-0.25, -0.2) is 0 Å². The fourth-order valence-corrected chi connectivity index (χ4v) is 15.0. The molecule has 0 amide bonds. The van der Waals surface area contributed by atoms with Crippen LogP contribution in [0.5, 0.6) is 0 Å². The summed E-state index contributed by atoms with van der Waals surface area (Å²) in [6.45, 7) is 0. The molecule has 2 N–H and O–H groups in total. The molecule has 8 aromatic carbocycles. The topological polar surface area (TPSA) is 40.5 Å². The highest BCUT2D eigenvalue weighted by Crippen LogP contribution is 2.51. The van der Waals surface area contributed by atoms with E-state index in [1.807, 2.05) is 0 Å². The molecule has 2 aliphatic carbocycles. The van der Waals surface area contributed by atoms with Crippen molar-refractivity contribution in [3.05, 3.63) is 193 Å². The van der Waals surface area contributed by atoms with E-state index in [0.29, 0.717) is 0 Å². The Kier molecular flexibility index (Phi) is 10.1. The lowest BCUT2D eigenvalue weighted by atomic mass is 9.82. The average molecular weight is 791 g/mol. The zero-order valence-electron chi connectivity index (χ0n) is 32.8. The first-order chi connectivity index (χ1) is 28.5. The van der Waals surface area contributed by atoms with E-state index in [1.54, 1.807) is 0 Å². The summed E-state index contributed by atoms with van der Waals surface area (Å²) < 4.78 is 0. The Hall–Kier alpha value is -4.94. The summed E-state index contributed by atoms with van der Waals surface area (Å²) in [5.41, 5.74) is 2.76. The maximum atomic E-state index is 12.7. The van der Waals surface area contributed by atoms with Gasteiger partial charge in [0.1, 0.15) is 0 Å². The molecule has 286 valence electrons. The van der Waals surface area contributed by atoms with E-state index in [0.717, 1.165) is 73.3 Å². The van der Waals surface area contributed by atoms with Gasteiger partial charge in [-0.3, -0.25) is 0 Å². The van der Waals surface area contributed by atoms with E-state index in [1.165, 1.54) is 53.7 Å². The second kappa shape index (κ2) is 15.7. The number of aliphatic hydroxyl groups is 2. The Morgan fingerprint density at radius 2 is 0.586 bits per heavy atom. The molecule has 0 aromatic heterocycles. The Labute approximate surface area is 344 Å². The third-order valence-corrected chi connectivity index (χ3v) is 17.6. The summed E-state index contributed by atoms with van der Waals surface area (Å²) in [5, 5.41) is 37.5. The monoisotopic (exact) mass is 790 g/mol. The lowest BCUT2D eigenvalue weighted by Gasteiger charge is -2.33. The molecule has 2 fully saturated rings. The van der Waals surface area contributed by atoms with Gasteiger partial charge in [-0.05, 0) is 129 Å². The number of hydrogen-bond acceptors (Lipinski definition) is 2. The van der Waals surface area contributed by atoms with Crippen molar-refractivity contribution in [2.45, 2.75) is 62.6 Å². The van der Waals surface area contributed by atoms with Crippen molar-refractivity contribution in [1.29, 1.82) is 0 Å². The van der Waals surface area contributed by atoms with Gasteiger partial charge in [0.15, 0.2) is 0 Å². The first-order valence-corrected chi connectivity index (χ1v) is 23.6. The molecule has 0 unspecified atom stereocenters. The Morgan fingerprint density at radius 1 is 0.328 bits per heavy atom. The SMILES string of the molecule is OC1(c2cc(P(c3ccccc3)c3ccccc3)c(-c3c(P(c4ccccc4)c4ccccc4)cc(C4(O)CCCC4)c4ccccc34)c3ccccc23)CCCC1. The van der Waals surface area contributed by atoms with E-state index >= 15 is 0 Å². The number of fused-ring (bicyclic) bond motifs is 2. The molecule has 0 heterocycles. The molecule has 2 aliphatic rings. The fraction of sp³-hybridized carbons (Fsp3) is 0.185. The summed E-state index contributed by atoms with van der Waals surface area (Å²) in [5.74, 6) is 0. The van der Waals surface area contributed by atoms with E-state index in [4.69, 9.17) is 0 Å². The van der Waals surface area contributed by atoms with Gasteiger partial charge in [-0.1, -0.05) is 196 Å². The molecule has 10 rings (SSSR count). The number of benzene rings is 8. The first kappa shape index (κ1) is 37.3. The second-order valence-corrected chi connectivity index (χ2v) is 20.6. The summed E-state index contributed by atoms with van der Waals surface area (Å²) in [4.78, 5) is 0. The maximum absolute atomic E-state index is 12.7. The van der Waals surface area contributed by atoms with Crippen LogP contribution in [0.3, 0.4) is 0 Å². The molecule has 4 heteroatoms. The Balaban J connectivity index is 1.42. The largest absolute Gasteiger partial charge is 0.385 e. The van der Waals surface area contributed by atoms with Crippen LogP contribution < -0.4 is 31.8 Å². The first-order valence-electron chi connectivity index (χ1n) is 20.9. The molecule has 2 nitrogen and oxygen atoms in total. The molecule has 0 bridgehead atoms. The van der Waals surface area contributed by atoms with Crippen LogP contribution in [-0.2, 0) is 11.2 Å². The van der Waals surface area contributed by atoms with Crippen LogP contribution in [-0.4, -0.2) is 10.2 Å². The van der Waals surface area contributed by atoms with Crippen molar-refractivity contribution < 1.29 is 10.2 Å². The van der Waals surface area contributed by atoms with Crippen LogP contribution in [0, 0.1) is 0 Å². The summed E-state index contributed by atoms with van der Waals surface area (Å²) >= 11 is 0. The molecular formula is C54H48O2P2. The smallest absolute Gasteiger partial charge is 0.0902 e. The van der Waals surface area contributed by atoms with Crippen molar-refractivity contribution in [3.8, 4) is 11.1 Å². The van der Waals surface area contributed by atoms with Crippen molar-refractivity contribution >= 4 is 69.2 Å². The van der Waals surface area contributed by atoms with Crippen molar-refractivity contribution in [2.24, 2.45) is 0 Å². The maximum Gasteiger partial charge on any atom is 0.0902 e. The van der Waals surface area contributed by atoms with Crippen LogP contribution in [0.4, 0.5) is 0 Å². The van der Waals surface area contributed by atoms with Gasteiger partial charge in [0.05, 0.1) is 11.2 Å². The predicted octanol–water partition coefficient (Wildman–Crippen LogP) is 10.7. The zero-order chi connectivity index (χ0) is 39.1. The van der Waals surface area contributed by atoms with Gasteiger partial charge < -0.3 is 10.2 Å². The Morgan fingerprint density at radius 3 is 0.879 bits per heavy atom. The molecule has 0 spiro atoms. The summed E-state index contributed by atoms with van der Waals surface area (Å²) in [6.07, 6.45) is 7.13. The highest BCUT2D eigenvalue weighted by molar-refractivity contribution is 7.80. The molecular weight excluding hydrogens is 743 g/mol. The number of rotatable bonds is 9. The zero-order valence-corrected chi connectivity index (χ0v) is 34.6. The fourth-order valence-electron chi connectivity index (χ4n) is 9.99. The van der Waals surface area contributed by atoms with Crippen LogP contribution in [0.1, 0.15) is 62.5 Å². The van der Waals surface area contributed by atoms with Crippen LogP contribution >= 0.6 is 15.8 Å². The van der Waals surface area contributed by atoms with E-state index < -0.39 is 27.0 Å². The van der Waals surface area contributed by atoms with Crippen molar-refractivity contribution in [3.63, 3.8) is 0 Å². The lowest BCUT2D eigenvalue weighted by molar-refractivity contribution is 0.0457. The quantitative estimate of drug-likeness (QED) is 0.143. The van der Waals surface area contributed by atoms with Crippen molar-refractivity contribution in [1.82, 2.24) is 0 Å². The number of hydrogen-bond donors (Lipinski definition) is 2. The molecule has 58 heavy (non-hydrogen) atoms. The molecule has 0 radical (unpaired) electrons. The molecule has 8 aromatic rings. The van der Waals surface area contributed by atoms with E-state index in [-0.39, 0.29) is 0 Å². The van der Waals surface area contributed by atoms with Gasteiger partial charge in [0, 0.05) is 0 Å². The van der Waals surface area contributed by atoms with Gasteiger partial charge in [-0.15, -0.1) is 0 Å². The standard InChI is InChI=1S/C54H48O2P2/c55-53(33-17-18-34-53)47-37-49(57(39-21-5-1-6-22-39)40-23-7-2-8-24-40)51(45-31-15-13-29-43(45)47)52-46-32-16-14-30-44(46)48(54(56)35-19-20-36-54)38-50(52)58(41-25-9-3-10-26-41)42-27-11-4-12-28-42/h1-16,21-32,37-38,55-56H,17-20,33-36H2. The minimum absolute atomic E-state index is 0.763. The van der Waals surface area contributed by atoms with Crippen molar-refractivity contribution in [2.75, 3.05) is 0 Å². The van der Waals surface area contributed by atoms with Crippen LogP contribution in [0.15, 0.2) is 182 Å².